The van der Waals surface area contributed by atoms with Crippen LogP contribution in [0.3, 0.4) is 0 Å². The summed E-state index contributed by atoms with van der Waals surface area (Å²) >= 11 is 0. The van der Waals surface area contributed by atoms with Gasteiger partial charge in [-0.15, -0.1) is 0 Å². The molecule has 1 fully saturated rings. The molecule has 1 heterocycles. The standard InChI is InChI=1S/C63H109NO8/c1-3-5-7-9-11-13-14-15-16-17-18-19-20-21-22-23-24-25-26-27-28-29-30-31-32-33-34-35-36-37-38-39-40-41-42-43-44-45-47-49-51-53-59(67)64-56(57(66)52-50-48-46-12-10-8-6-4-2)55-71-63-62(70)61(69)60(68)58(54-65)72-63/h5,7,11,13,15-16,18-19,21-22,24-25,27-28,30-31,56-58,60-63,65-66,68-70H,3-4,6,8-10,12,14,17,20,23,26,29,32-55H2,1-2H3,(H,64,67)/b7-5-,13-11-,16-15-,19-18-,22-21-,25-24-,28-27-,31-30-. The SMILES string of the molecule is CC/C=C\C/C=C\C/C=C\C/C=C\C/C=C\C/C=C\C/C=C\C/C=C\CCCCCCCCCCCCCCCCCCC(=O)NC(COC1OC(CO)C(O)C(O)C1O)C(O)CCCCCCCCCC. The normalized spacial score (nSPS) is 19.9. The van der Waals surface area contributed by atoms with Gasteiger partial charge in [0.1, 0.15) is 24.4 Å². The monoisotopic (exact) mass is 1010 g/mol. The lowest BCUT2D eigenvalue weighted by Gasteiger charge is -2.40. The molecule has 72 heavy (non-hydrogen) atoms. The average molecular weight is 1010 g/mol. The van der Waals surface area contributed by atoms with E-state index < -0.39 is 49.5 Å². The Hall–Kier alpha value is -2.89. The molecule has 0 aliphatic carbocycles. The van der Waals surface area contributed by atoms with E-state index in [-0.39, 0.29) is 12.5 Å². The van der Waals surface area contributed by atoms with Crippen molar-refractivity contribution in [3.05, 3.63) is 97.2 Å². The molecule has 9 heteroatoms. The lowest BCUT2D eigenvalue weighted by molar-refractivity contribution is -0.302. The van der Waals surface area contributed by atoms with Crippen LogP contribution in [0.1, 0.15) is 239 Å². The summed E-state index contributed by atoms with van der Waals surface area (Å²) < 4.78 is 11.2. The third-order valence-corrected chi connectivity index (χ3v) is 13.5. The van der Waals surface area contributed by atoms with Crippen LogP contribution in [0, 0.1) is 0 Å². The number of aliphatic hydroxyl groups is 5. The van der Waals surface area contributed by atoms with Crippen molar-refractivity contribution in [2.24, 2.45) is 0 Å². The van der Waals surface area contributed by atoms with Crippen LogP contribution in [0.4, 0.5) is 0 Å². The highest BCUT2D eigenvalue weighted by molar-refractivity contribution is 5.76. The van der Waals surface area contributed by atoms with Crippen LogP contribution in [0.15, 0.2) is 97.2 Å². The minimum atomic E-state index is -1.55. The summed E-state index contributed by atoms with van der Waals surface area (Å²) in [5, 5.41) is 54.3. The molecule has 0 radical (unpaired) electrons. The molecule has 1 saturated heterocycles. The number of carbonyl (C=O) groups excluding carboxylic acids is 1. The van der Waals surface area contributed by atoms with Crippen molar-refractivity contribution >= 4 is 5.91 Å². The van der Waals surface area contributed by atoms with Crippen molar-refractivity contribution < 1.29 is 39.8 Å². The van der Waals surface area contributed by atoms with E-state index in [4.69, 9.17) is 9.47 Å². The molecular formula is C63H109NO8. The number of aliphatic hydroxyl groups excluding tert-OH is 5. The zero-order valence-electron chi connectivity index (χ0n) is 45.9. The fourth-order valence-electron chi connectivity index (χ4n) is 8.82. The zero-order chi connectivity index (χ0) is 52.2. The molecule has 0 aromatic carbocycles. The molecule has 1 aliphatic heterocycles. The molecule has 9 nitrogen and oxygen atoms in total. The molecule has 6 N–H and O–H groups in total. The molecule has 1 rings (SSSR count). The fraction of sp³-hybridized carbons (Fsp3) is 0.730. The number of unbranched alkanes of at least 4 members (excludes halogenated alkanes) is 23. The van der Waals surface area contributed by atoms with Crippen molar-refractivity contribution in [2.45, 2.75) is 281 Å². The minimum absolute atomic E-state index is 0.140. The van der Waals surface area contributed by atoms with Crippen molar-refractivity contribution in [2.75, 3.05) is 13.2 Å². The Balaban J connectivity index is 2.02. The van der Waals surface area contributed by atoms with Crippen LogP contribution in [-0.2, 0) is 14.3 Å². The summed E-state index contributed by atoms with van der Waals surface area (Å²) in [7, 11) is 0. The Morgan fingerprint density at radius 3 is 1.28 bits per heavy atom. The van der Waals surface area contributed by atoms with E-state index in [2.05, 4.69) is 116 Å². The van der Waals surface area contributed by atoms with Gasteiger partial charge in [-0.1, -0.05) is 252 Å². The number of rotatable bonds is 49. The first-order valence-corrected chi connectivity index (χ1v) is 29.4. The quantitative estimate of drug-likeness (QED) is 0.0261. The van der Waals surface area contributed by atoms with Gasteiger partial charge >= 0.3 is 0 Å². The summed E-state index contributed by atoms with van der Waals surface area (Å²) in [4.78, 5) is 13.0. The van der Waals surface area contributed by atoms with Gasteiger partial charge in [-0.2, -0.15) is 0 Å². The highest BCUT2D eigenvalue weighted by atomic mass is 16.7. The summed E-state index contributed by atoms with van der Waals surface area (Å²) in [5.74, 6) is -0.149. The van der Waals surface area contributed by atoms with Gasteiger partial charge in [0, 0.05) is 6.42 Å². The maximum atomic E-state index is 13.0. The molecule has 7 unspecified atom stereocenters. The summed E-state index contributed by atoms with van der Waals surface area (Å²) in [6.45, 7) is 3.68. The van der Waals surface area contributed by atoms with Crippen LogP contribution in [0.25, 0.3) is 0 Å². The van der Waals surface area contributed by atoms with E-state index in [9.17, 15) is 30.3 Å². The predicted molar refractivity (Wildman–Crippen MR) is 304 cm³/mol. The third-order valence-electron chi connectivity index (χ3n) is 13.5. The largest absolute Gasteiger partial charge is 0.394 e. The lowest BCUT2D eigenvalue weighted by Crippen LogP contribution is -2.60. The molecule has 0 saturated carbocycles. The molecule has 1 amide bonds. The lowest BCUT2D eigenvalue weighted by atomic mass is 9.99. The smallest absolute Gasteiger partial charge is 0.220 e. The topological polar surface area (TPSA) is 149 Å². The predicted octanol–water partition coefficient (Wildman–Crippen LogP) is 14.8. The van der Waals surface area contributed by atoms with Crippen molar-refractivity contribution in [3.8, 4) is 0 Å². The second-order valence-corrected chi connectivity index (χ2v) is 20.1. The number of hydrogen-bond acceptors (Lipinski definition) is 8. The van der Waals surface area contributed by atoms with Gasteiger partial charge in [0.15, 0.2) is 6.29 Å². The second kappa shape index (κ2) is 51.6. The Kier molecular flexibility index (Phi) is 48.1. The Morgan fingerprint density at radius 1 is 0.486 bits per heavy atom. The first-order chi connectivity index (χ1) is 35.3. The van der Waals surface area contributed by atoms with Crippen LogP contribution < -0.4 is 5.32 Å². The number of ether oxygens (including phenoxy) is 2. The van der Waals surface area contributed by atoms with Gasteiger partial charge in [0.2, 0.25) is 5.91 Å². The maximum Gasteiger partial charge on any atom is 0.220 e. The Bertz CT molecular complexity index is 1450. The third kappa shape index (κ3) is 40.5. The van der Waals surface area contributed by atoms with Crippen molar-refractivity contribution in [1.29, 1.82) is 0 Å². The molecule has 0 spiro atoms. The van der Waals surface area contributed by atoms with Crippen LogP contribution in [0.5, 0.6) is 0 Å². The van der Waals surface area contributed by atoms with Gasteiger partial charge in [-0.05, 0) is 77.0 Å². The van der Waals surface area contributed by atoms with Gasteiger partial charge < -0.3 is 40.3 Å². The molecule has 0 aromatic heterocycles. The summed E-state index contributed by atoms with van der Waals surface area (Å²) in [6, 6.07) is -0.720. The Morgan fingerprint density at radius 2 is 0.861 bits per heavy atom. The van der Waals surface area contributed by atoms with Crippen LogP contribution >= 0.6 is 0 Å². The van der Waals surface area contributed by atoms with E-state index in [1.54, 1.807) is 0 Å². The molecule has 7 atom stereocenters. The fourth-order valence-corrected chi connectivity index (χ4v) is 8.82. The molecule has 0 aromatic rings. The first kappa shape index (κ1) is 67.1. The molecule has 414 valence electrons. The molecule has 0 bridgehead atoms. The first-order valence-electron chi connectivity index (χ1n) is 29.4. The van der Waals surface area contributed by atoms with Crippen LogP contribution in [0.2, 0.25) is 0 Å². The highest BCUT2D eigenvalue weighted by Gasteiger charge is 2.44. The number of nitrogens with one attached hydrogen (secondary N) is 1. The number of carbonyl (C=O) groups is 1. The van der Waals surface area contributed by atoms with Crippen LogP contribution in [-0.4, -0.2) is 87.5 Å². The minimum Gasteiger partial charge on any atom is -0.394 e. The maximum absolute atomic E-state index is 13.0. The van der Waals surface area contributed by atoms with E-state index in [0.29, 0.717) is 12.8 Å². The molecular weight excluding hydrogens is 899 g/mol. The number of amides is 1. The second-order valence-electron chi connectivity index (χ2n) is 20.1. The van der Waals surface area contributed by atoms with E-state index in [1.165, 1.54) is 122 Å². The van der Waals surface area contributed by atoms with Gasteiger partial charge in [0.25, 0.3) is 0 Å². The van der Waals surface area contributed by atoms with Crippen molar-refractivity contribution in [3.63, 3.8) is 0 Å². The highest BCUT2D eigenvalue weighted by Crippen LogP contribution is 2.23. The summed E-state index contributed by atoms with van der Waals surface area (Å²) in [5.41, 5.74) is 0. The average Bonchev–Trinajstić information content (AvgIpc) is 3.38. The summed E-state index contributed by atoms with van der Waals surface area (Å²) in [6.07, 6.45) is 67.6. The zero-order valence-corrected chi connectivity index (χ0v) is 45.9. The number of allylic oxidation sites excluding steroid dienone is 16. The van der Waals surface area contributed by atoms with E-state index >= 15 is 0 Å². The van der Waals surface area contributed by atoms with Gasteiger partial charge in [-0.25, -0.2) is 0 Å². The van der Waals surface area contributed by atoms with Gasteiger partial charge in [0.05, 0.1) is 25.4 Å². The van der Waals surface area contributed by atoms with E-state index in [0.717, 1.165) is 89.9 Å². The van der Waals surface area contributed by atoms with E-state index in [1.807, 2.05) is 0 Å². The number of hydrogen-bond donors (Lipinski definition) is 6. The molecule has 1 aliphatic rings. The van der Waals surface area contributed by atoms with Crippen molar-refractivity contribution in [1.82, 2.24) is 5.32 Å². The van der Waals surface area contributed by atoms with Gasteiger partial charge in [-0.3, -0.25) is 4.79 Å². The Labute approximate surface area is 441 Å².